The Kier molecular flexibility index (Phi) is 3.53. The minimum Gasteiger partial charge on any atom is -0.316 e. The highest BCUT2D eigenvalue weighted by molar-refractivity contribution is 4.84. The predicted molar refractivity (Wildman–Crippen MR) is 53.3 cm³/mol. The van der Waals surface area contributed by atoms with Gasteiger partial charge in [0.05, 0.1) is 0 Å². The maximum absolute atomic E-state index is 3.44. The van der Waals surface area contributed by atoms with Gasteiger partial charge in [-0.25, -0.2) is 0 Å². The second-order valence-electron chi connectivity index (χ2n) is 4.45. The predicted octanol–water partition coefficient (Wildman–Crippen LogP) is 1.18. The molecule has 0 aromatic carbocycles. The van der Waals surface area contributed by atoms with Crippen LogP contribution in [0.2, 0.25) is 0 Å². The van der Waals surface area contributed by atoms with E-state index < -0.39 is 0 Å². The van der Waals surface area contributed by atoms with E-state index in [9.17, 15) is 0 Å². The van der Waals surface area contributed by atoms with E-state index >= 15 is 0 Å². The molecule has 0 aliphatic carbocycles. The second-order valence-corrected chi connectivity index (χ2v) is 4.45. The molecule has 0 amide bonds. The maximum atomic E-state index is 3.44. The molecule has 2 nitrogen and oxygen atoms in total. The van der Waals surface area contributed by atoms with Crippen LogP contribution in [0.25, 0.3) is 0 Å². The lowest BCUT2D eigenvalue weighted by atomic mass is 9.89. The number of nitrogens with one attached hydrogen (secondary N) is 1. The van der Waals surface area contributed by atoms with Crippen molar-refractivity contribution < 1.29 is 0 Å². The molecule has 1 fully saturated rings. The van der Waals surface area contributed by atoms with E-state index in [1.165, 1.54) is 19.5 Å². The van der Waals surface area contributed by atoms with Gasteiger partial charge in [-0.1, -0.05) is 13.8 Å². The molecule has 1 saturated heterocycles. The summed E-state index contributed by atoms with van der Waals surface area (Å²) in [6, 6.07) is 0.750. The van der Waals surface area contributed by atoms with Crippen LogP contribution in [0.15, 0.2) is 0 Å². The molecule has 2 atom stereocenters. The van der Waals surface area contributed by atoms with E-state index in [4.69, 9.17) is 0 Å². The standard InChI is InChI=1S/C10H22N2/c1-8(2)10(12(3)4)9-5-6-11-7-9/h8-11H,5-7H2,1-4H3. The fourth-order valence-corrected chi connectivity index (χ4v) is 2.53. The normalized spacial score (nSPS) is 27.0. The van der Waals surface area contributed by atoms with Gasteiger partial charge in [-0.05, 0) is 45.4 Å². The topological polar surface area (TPSA) is 15.3 Å². The van der Waals surface area contributed by atoms with Crippen LogP contribution >= 0.6 is 0 Å². The first-order valence-electron chi connectivity index (χ1n) is 5.00. The van der Waals surface area contributed by atoms with E-state index in [-0.39, 0.29) is 0 Å². The average Bonchev–Trinajstić information content (AvgIpc) is 2.37. The van der Waals surface area contributed by atoms with Crippen LogP contribution in [-0.2, 0) is 0 Å². The van der Waals surface area contributed by atoms with Crippen molar-refractivity contribution >= 4 is 0 Å². The summed E-state index contributed by atoms with van der Waals surface area (Å²) in [4.78, 5) is 2.38. The Labute approximate surface area is 76.3 Å². The summed E-state index contributed by atoms with van der Waals surface area (Å²) in [5.74, 6) is 1.63. The minimum atomic E-state index is 0.750. The van der Waals surface area contributed by atoms with Gasteiger partial charge in [-0.15, -0.1) is 0 Å². The van der Waals surface area contributed by atoms with E-state index in [1.54, 1.807) is 0 Å². The molecule has 0 bridgehead atoms. The van der Waals surface area contributed by atoms with Crippen molar-refractivity contribution in [1.82, 2.24) is 10.2 Å². The molecule has 0 aromatic rings. The van der Waals surface area contributed by atoms with Crippen LogP contribution < -0.4 is 5.32 Å². The molecule has 2 heteroatoms. The molecule has 1 rings (SSSR count). The zero-order valence-corrected chi connectivity index (χ0v) is 8.80. The van der Waals surface area contributed by atoms with Crippen LogP contribution in [0.3, 0.4) is 0 Å². The molecular formula is C10H22N2. The van der Waals surface area contributed by atoms with Gasteiger partial charge >= 0.3 is 0 Å². The summed E-state index contributed by atoms with van der Waals surface area (Å²) in [6.45, 7) is 7.06. The summed E-state index contributed by atoms with van der Waals surface area (Å²) >= 11 is 0. The molecule has 1 aliphatic rings. The summed E-state index contributed by atoms with van der Waals surface area (Å²) < 4.78 is 0. The zero-order chi connectivity index (χ0) is 9.14. The molecule has 0 aromatic heterocycles. The first-order valence-corrected chi connectivity index (χ1v) is 5.00. The van der Waals surface area contributed by atoms with Gasteiger partial charge in [0, 0.05) is 6.04 Å². The van der Waals surface area contributed by atoms with Crippen molar-refractivity contribution in [2.75, 3.05) is 27.2 Å². The fraction of sp³-hybridized carbons (Fsp3) is 1.00. The molecular weight excluding hydrogens is 148 g/mol. The highest BCUT2D eigenvalue weighted by atomic mass is 15.1. The molecule has 1 heterocycles. The van der Waals surface area contributed by atoms with Gasteiger partial charge < -0.3 is 10.2 Å². The third kappa shape index (κ3) is 2.20. The smallest absolute Gasteiger partial charge is 0.0153 e. The van der Waals surface area contributed by atoms with Crippen LogP contribution in [0, 0.1) is 11.8 Å². The van der Waals surface area contributed by atoms with Gasteiger partial charge in [0.15, 0.2) is 0 Å². The van der Waals surface area contributed by atoms with E-state index in [1.807, 2.05) is 0 Å². The Morgan fingerprint density at radius 1 is 1.33 bits per heavy atom. The summed E-state index contributed by atoms with van der Waals surface area (Å²) in [5, 5.41) is 3.44. The first-order chi connectivity index (χ1) is 5.63. The Morgan fingerprint density at radius 2 is 2.00 bits per heavy atom. The highest BCUT2D eigenvalue weighted by Gasteiger charge is 2.28. The monoisotopic (exact) mass is 170 g/mol. The van der Waals surface area contributed by atoms with Crippen molar-refractivity contribution in [1.29, 1.82) is 0 Å². The van der Waals surface area contributed by atoms with E-state index in [0.717, 1.165) is 17.9 Å². The van der Waals surface area contributed by atoms with Gasteiger partial charge in [-0.3, -0.25) is 0 Å². The minimum absolute atomic E-state index is 0.750. The van der Waals surface area contributed by atoms with Gasteiger partial charge in [-0.2, -0.15) is 0 Å². The number of hydrogen-bond acceptors (Lipinski definition) is 2. The molecule has 1 aliphatic heterocycles. The first kappa shape index (κ1) is 10.0. The Balaban J connectivity index is 2.52. The van der Waals surface area contributed by atoms with Crippen molar-refractivity contribution in [2.24, 2.45) is 11.8 Å². The lowest BCUT2D eigenvalue weighted by molar-refractivity contribution is 0.167. The average molecular weight is 170 g/mol. The SMILES string of the molecule is CC(C)C(C1CCNC1)N(C)C. The van der Waals surface area contributed by atoms with Crippen molar-refractivity contribution in [3.63, 3.8) is 0 Å². The molecule has 72 valence electrons. The fourth-order valence-electron chi connectivity index (χ4n) is 2.53. The molecule has 1 N–H and O–H groups in total. The third-order valence-corrected chi connectivity index (χ3v) is 2.86. The Morgan fingerprint density at radius 3 is 2.33 bits per heavy atom. The number of rotatable bonds is 3. The third-order valence-electron chi connectivity index (χ3n) is 2.86. The summed E-state index contributed by atoms with van der Waals surface area (Å²) in [6.07, 6.45) is 1.35. The second kappa shape index (κ2) is 4.24. The number of nitrogens with zero attached hydrogens (tertiary/aromatic N) is 1. The van der Waals surface area contributed by atoms with Crippen molar-refractivity contribution in [3.05, 3.63) is 0 Å². The highest BCUT2D eigenvalue weighted by Crippen LogP contribution is 2.22. The molecule has 2 unspecified atom stereocenters. The molecule has 12 heavy (non-hydrogen) atoms. The van der Waals surface area contributed by atoms with E-state index in [2.05, 4.69) is 38.2 Å². The van der Waals surface area contributed by atoms with Gasteiger partial charge in [0.1, 0.15) is 0 Å². The molecule has 0 saturated carbocycles. The van der Waals surface area contributed by atoms with Crippen molar-refractivity contribution in [3.8, 4) is 0 Å². The van der Waals surface area contributed by atoms with Crippen LogP contribution in [0.4, 0.5) is 0 Å². The van der Waals surface area contributed by atoms with E-state index in [0.29, 0.717) is 0 Å². The zero-order valence-electron chi connectivity index (χ0n) is 8.80. The lowest BCUT2D eigenvalue weighted by Gasteiger charge is -2.32. The maximum Gasteiger partial charge on any atom is 0.0153 e. The summed E-state index contributed by atoms with van der Waals surface area (Å²) in [7, 11) is 4.39. The summed E-state index contributed by atoms with van der Waals surface area (Å²) in [5.41, 5.74) is 0. The Bertz CT molecular complexity index is 118. The Hall–Kier alpha value is -0.0800. The quantitative estimate of drug-likeness (QED) is 0.684. The molecule has 0 spiro atoms. The van der Waals surface area contributed by atoms with Crippen LogP contribution in [-0.4, -0.2) is 38.1 Å². The van der Waals surface area contributed by atoms with Crippen molar-refractivity contribution in [2.45, 2.75) is 26.3 Å². The number of hydrogen-bond donors (Lipinski definition) is 1. The largest absolute Gasteiger partial charge is 0.316 e. The molecule has 0 radical (unpaired) electrons. The van der Waals surface area contributed by atoms with Crippen LogP contribution in [0.1, 0.15) is 20.3 Å². The van der Waals surface area contributed by atoms with Crippen LogP contribution in [0.5, 0.6) is 0 Å². The lowest BCUT2D eigenvalue weighted by Crippen LogP contribution is -2.40. The van der Waals surface area contributed by atoms with Gasteiger partial charge in [0.2, 0.25) is 0 Å². The van der Waals surface area contributed by atoms with Gasteiger partial charge in [0.25, 0.3) is 0 Å².